The highest BCUT2D eigenvalue weighted by Gasteiger charge is 2.33. The summed E-state index contributed by atoms with van der Waals surface area (Å²) < 4.78 is 51.5. The molecule has 0 amide bonds. The van der Waals surface area contributed by atoms with Gasteiger partial charge in [0.1, 0.15) is 0 Å². The van der Waals surface area contributed by atoms with E-state index in [0.717, 1.165) is 12.1 Å². The topological polar surface area (TPSA) is 20.2 Å². The fourth-order valence-electron chi connectivity index (χ4n) is 1.70. The van der Waals surface area contributed by atoms with Crippen molar-refractivity contribution < 1.29 is 22.7 Å². The molecule has 0 radical (unpaired) electrons. The van der Waals surface area contributed by atoms with E-state index in [1.54, 1.807) is 0 Å². The summed E-state index contributed by atoms with van der Waals surface area (Å²) in [5.41, 5.74) is -1.34. The van der Waals surface area contributed by atoms with Gasteiger partial charge in [0.25, 0.3) is 0 Å². The second kappa shape index (κ2) is 4.33. The molecule has 0 fully saturated rings. The van der Waals surface area contributed by atoms with Crippen LogP contribution in [0.15, 0.2) is 42.5 Å². The Balaban J connectivity index is 2.69. The molecule has 18 heavy (non-hydrogen) atoms. The molecule has 0 heterocycles. The number of halogens is 4. The first-order valence-electron chi connectivity index (χ1n) is 5.05. The van der Waals surface area contributed by atoms with Gasteiger partial charge in [-0.2, -0.15) is 13.2 Å². The zero-order chi connectivity index (χ0) is 13.3. The highest BCUT2D eigenvalue weighted by molar-refractivity contribution is 5.73. The molecule has 0 aliphatic rings. The van der Waals surface area contributed by atoms with Gasteiger partial charge in [-0.1, -0.05) is 30.3 Å². The monoisotopic (exact) mass is 256 g/mol. The first kappa shape index (κ1) is 12.4. The van der Waals surface area contributed by atoms with Crippen molar-refractivity contribution in [1.29, 1.82) is 0 Å². The second-order valence-electron chi connectivity index (χ2n) is 3.68. The molecule has 2 rings (SSSR count). The van der Waals surface area contributed by atoms with E-state index in [2.05, 4.69) is 0 Å². The lowest BCUT2D eigenvalue weighted by atomic mass is 9.98. The number of hydrogen-bond acceptors (Lipinski definition) is 1. The lowest BCUT2D eigenvalue weighted by molar-refractivity contribution is -0.137. The van der Waals surface area contributed by atoms with Crippen LogP contribution in [0.1, 0.15) is 5.56 Å². The molecule has 0 spiro atoms. The number of alkyl halides is 3. The first-order chi connectivity index (χ1) is 8.41. The number of phenolic OH excluding ortho intramolecular Hbond substituents is 1. The normalized spacial score (nSPS) is 11.6. The number of aromatic hydroxyl groups is 1. The smallest absolute Gasteiger partial charge is 0.417 e. The van der Waals surface area contributed by atoms with Gasteiger partial charge in [0.05, 0.1) is 5.56 Å². The molecule has 0 aromatic heterocycles. The molecular formula is C13H8F4O. The Morgan fingerprint density at radius 1 is 0.833 bits per heavy atom. The maximum Gasteiger partial charge on any atom is 0.417 e. The highest BCUT2D eigenvalue weighted by Crippen LogP contribution is 2.40. The van der Waals surface area contributed by atoms with Crippen molar-refractivity contribution in [2.75, 3.05) is 0 Å². The lowest BCUT2D eigenvalue weighted by Gasteiger charge is -2.13. The maximum absolute atomic E-state index is 13.2. The van der Waals surface area contributed by atoms with Gasteiger partial charge in [-0.3, -0.25) is 0 Å². The summed E-state index contributed by atoms with van der Waals surface area (Å²) in [5.74, 6) is -1.74. The summed E-state index contributed by atoms with van der Waals surface area (Å²) in [6.07, 6.45) is -4.56. The quantitative estimate of drug-likeness (QED) is 0.757. The zero-order valence-corrected chi connectivity index (χ0v) is 9.00. The molecule has 0 atom stereocenters. The molecule has 0 aliphatic heterocycles. The molecule has 94 valence electrons. The number of phenols is 1. The minimum atomic E-state index is -4.56. The SMILES string of the molecule is Oc1c(F)cccc1-c1ccccc1C(F)(F)F. The van der Waals surface area contributed by atoms with Crippen LogP contribution in [0.3, 0.4) is 0 Å². The van der Waals surface area contributed by atoms with Crippen LogP contribution in [0.2, 0.25) is 0 Å². The minimum Gasteiger partial charge on any atom is -0.504 e. The third-order valence-corrected chi connectivity index (χ3v) is 2.51. The summed E-state index contributed by atoms with van der Waals surface area (Å²) in [6, 6.07) is 8.18. The summed E-state index contributed by atoms with van der Waals surface area (Å²) in [7, 11) is 0. The fraction of sp³-hybridized carbons (Fsp3) is 0.0769. The van der Waals surface area contributed by atoms with E-state index in [1.807, 2.05) is 0 Å². The zero-order valence-electron chi connectivity index (χ0n) is 9.00. The van der Waals surface area contributed by atoms with Crippen molar-refractivity contribution in [2.24, 2.45) is 0 Å². The van der Waals surface area contributed by atoms with Gasteiger partial charge >= 0.3 is 6.18 Å². The third kappa shape index (κ3) is 2.16. The van der Waals surface area contributed by atoms with Gasteiger partial charge in [0.15, 0.2) is 11.6 Å². The molecule has 0 saturated carbocycles. The van der Waals surface area contributed by atoms with Crippen LogP contribution in [0.4, 0.5) is 17.6 Å². The van der Waals surface area contributed by atoms with Gasteiger partial charge in [-0.25, -0.2) is 4.39 Å². The molecule has 2 aromatic carbocycles. The van der Waals surface area contributed by atoms with E-state index in [4.69, 9.17) is 0 Å². The van der Waals surface area contributed by atoms with E-state index in [1.165, 1.54) is 30.3 Å². The molecule has 0 bridgehead atoms. The van der Waals surface area contributed by atoms with Crippen LogP contribution in [0.5, 0.6) is 5.75 Å². The standard InChI is InChI=1S/C13H8F4O/c14-11-7-3-5-9(12(11)18)8-4-1-2-6-10(8)13(15,16)17/h1-7,18H. The van der Waals surface area contributed by atoms with E-state index in [9.17, 15) is 22.7 Å². The number of benzene rings is 2. The van der Waals surface area contributed by atoms with Crippen molar-refractivity contribution in [1.82, 2.24) is 0 Å². The van der Waals surface area contributed by atoms with Crippen LogP contribution >= 0.6 is 0 Å². The molecule has 5 heteroatoms. The van der Waals surface area contributed by atoms with E-state index in [0.29, 0.717) is 0 Å². The number of para-hydroxylation sites is 1. The van der Waals surface area contributed by atoms with Crippen molar-refractivity contribution in [2.45, 2.75) is 6.18 Å². The summed E-state index contributed by atoms with van der Waals surface area (Å²) in [4.78, 5) is 0. The maximum atomic E-state index is 13.2. The average molecular weight is 256 g/mol. The Bertz CT molecular complexity index is 575. The number of hydrogen-bond donors (Lipinski definition) is 1. The molecule has 0 saturated heterocycles. The molecule has 0 aliphatic carbocycles. The first-order valence-corrected chi connectivity index (χ1v) is 5.05. The third-order valence-electron chi connectivity index (χ3n) is 2.51. The van der Waals surface area contributed by atoms with Gasteiger partial charge < -0.3 is 5.11 Å². The van der Waals surface area contributed by atoms with Crippen LogP contribution in [-0.2, 0) is 6.18 Å². The van der Waals surface area contributed by atoms with Gasteiger partial charge in [0, 0.05) is 5.56 Å². The Labute approximate surface area is 100 Å². The molecular weight excluding hydrogens is 248 g/mol. The highest BCUT2D eigenvalue weighted by atomic mass is 19.4. The minimum absolute atomic E-state index is 0.178. The summed E-state index contributed by atoms with van der Waals surface area (Å²) in [5, 5.41) is 9.50. The Kier molecular flexibility index (Phi) is 2.98. The summed E-state index contributed by atoms with van der Waals surface area (Å²) >= 11 is 0. The van der Waals surface area contributed by atoms with E-state index in [-0.39, 0.29) is 11.1 Å². The van der Waals surface area contributed by atoms with Crippen LogP contribution in [0.25, 0.3) is 11.1 Å². The predicted molar refractivity (Wildman–Crippen MR) is 58.5 cm³/mol. The van der Waals surface area contributed by atoms with E-state index < -0.39 is 23.3 Å². The molecule has 2 aromatic rings. The van der Waals surface area contributed by atoms with Crippen LogP contribution < -0.4 is 0 Å². The molecule has 1 nitrogen and oxygen atoms in total. The van der Waals surface area contributed by atoms with Gasteiger partial charge in [0.2, 0.25) is 0 Å². The summed E-state index contributed by atoms with van der Waals surface area (Å²) in [6.45, 7) is 0. The van der Waals surface area contributed by atoms with Gasteiger partial charge in [-0.05, 0) is 17.7 Å². The fourth-order valence-corrected chi connectivity index (χ4v) is 1.70. The van der Waals surface area contributed by atoms with Crippen molar-refractivity contribution >= 4 is 0 Å². The largest absolute Gasteiger partial charge is 0.504 e. The Hall–Kier alpha value is -2.04. The predicted octanol–water partition coefficient (Wildman–Crippen LogP) is 4.22. The number of rotatable bonds is 1. The molecule has 1 N–H and O–H groups in total. The average Bonchev–Trinajstić information content (AvgIpc) is 2.32. The van der Waals surface area contributed by atoms with Crippen molar-refractivity contribution in [3.05, 3.63) is 53.8 Å². The van der Waals surface area contributed by atoms with Crippen molar-refractivity contribution in [3.8, 4) is 16.9 Å². The Morgan fingerprint density at radius 2 is 1.44 bits per heavy atom. The van der Waals surface area contributed by atoms with E-state index >= 15 is 0 Å². The van der Waals surface area contributed by atoms with Crippen molar-refractivity contribution in [3.63, 3.8) is 0 Å². The van der Waals surface area contributed by atoms with Crippen LogP contribution in [-0.4, -0.2) is 5.11 Å². The second-order valence-corrected chi connectivity index (χ2v) is 3.68. The van der Waals surface area contributed by atoms with Crippen LogP contribution in [0, 0.1) is 5.82 Å². The Morgan fingerprint density at radius 3 is 2.11 bits per heavy atom. The lowest BCUT2D eigenvalue weighted by Crippen LogP contribution is -2.07. The molecule has 0 unspecified atom stereocenters. The van der Waals surface area contributed by atoms with Gasteiger partial charge in [-0.15, -0.1) is 0 Å².